The molecule has 0 atom stereocenters. The van der Waals surface area contributed by atoms with Crippen LogP contribution in [0.3, 0.4) is 0 Å². The van der Waals surface area contributed by atoms with Crippen LogP contribution in [0.2, 0.25) is 0 Å². The summed E-state index contributed by atoms with van der Waals surface area (Å²) in [5.74, 6) is 1.73. The van der Waals surface area contributed by atoms with Crippen molar-refractivity contribution in [1.29, 1.82) is 0 Å². The summed E-state index contributed by atoms with van der Waals surface area (Å²) in [5.41, 5.74) is 7.52. The molecule has 2 aromatic heterocycles. The van der Waals surface area contributed by atoms with E-state index in [9.17, 15) is 5.11 Å². The number of nitrogens with one attached hydrogen (secondary N) is 1. The number of benzene rings is 1. The summed E-state index contributed by atoms with van der Waals surface area (Å²) < 4.78 is 1.81. The average molecular weight is 324 g/mol. The van der Waals surface area contributed by atoms with Gasteiger partial charge < -0.3 is 16.2 Å². The number of fused-ring (bicyclic) bond motifs is 1. The fourth-order valence-electron chi connectivity index (χ4n) is 3.47. The first-order chi connectivity index (χ1) is 11.7. The van der Waals surface area contributed by atoms with Gasteiger partial charge in [0.15, 0.2) is 0 Å². The number of imidazole rings is 1. The Morgan fingerprint density at radius 1 is 1.21 bits per heavy atom. The van der Waals surface area contributed by atoms with E-state index in [0.29, 0.717) is 17.6 Å². The van der Waals surface area contributed by atoms with Gasteiger partial charge in [-0.1, -0.05) is 25.0 Å². The van der Waals surface area contributed by atoms with Crippen molar-refractivity contribution in [3.63, 3.8) is 0 Å². The Bertz CT molecular complexity index is 868. The highest BCUT2D eigenvalue weighted by Crippen LogP contribution is 2.32. The maximum Gasteiger partial charge on any atom is 0.207 e. The van der Waals surface area contributed by atoms with Crippen LogP contribution < -0.4 is 11.1 Å². The van der Waals surface area contributed by atoms with Crippen LogP contribution in [-0.2, 0) is 0 Å². The lowest BCUT2D eigenvalue weighted by molar-refractivity contribution is 0.214. The van der Waals surface area contributed by atoms with Gasteiger partial charge in [0.05, 0.1) is 23.2 Å². The summed E-state index contributed by atoms with van der Waals surface area (Å²) in [6.07, 6.45) is 5.62. The molecule has 4 rings (SSSR count). The quantitative estimate of drug-likeness (QED) is 0.679. The topological polar surface area (TPSA) is 102 Å². The van der Waals surface area contributed by atoms with Gasteiger partial charge in [0.2, 0.25) is 5.95 Å². The zero-order valence-corrected chi connectivity index (χ0v) is 13.3. The van der Waals surface area contributed by atoms with Crippen molar-refractivity contribution in [2.75, 3.05) is 17.7 Å². The van der Waals surface area contributed by atoms with Crippen LogP contribution in [0, 0.1) is 0 Å². The molecule has 1 aliphatic carbocycles. The molecule has 0 unspecified atom stereocenters. The Hall–Kier alpha value is -2.67. The van der Waals surface area contributed by atoms with E-state index in [1.54, 1.807) is 0 Å². The van der Waals surface area contributed by atoms with Crippen molar-refractivity contribution < 1.29 is 5.11 Å². The number of nitrogens with zero attached hydrogens (tertiary/aromatic N) is 4. The van der Waals surface area contributed by atoms with Crippen LogP contribution in [0.5, 0.6) is 0 Å². The van der Waals surface area contributed by atoms with E-state index in [1.807, 2.05) is 34.9 Å². The minimum atomic E-state index is -0.284. The van der Waals surface area contributed by atoms with Gasteiger partial charge >= 0.3 is 0 Å². The molecule has 1 saturated carbocycles. The van der Waals surface area contributed by atoms with Gasteiger partial charge in [-0.05, 0) is 25.0 Å². The molecule has 3 aromatic rings. The molecule has 1 aliphatic rings. The fraction of sp³-hybridized carbons (Fsp3) is 0.353. The van der Waals surface area contributed by atoms with Crippen LogP contribution >= 0.6 is 0 Å². The van der Waals surface area contributed by atoms with Crippen LogP contribution in [0.1, 0.15) is 25.7 Å². The molecule has 24 heavy (non-hydrogen) atoms. The zero-order chi connectivity index (χ0) is 16.6. The Balaban J connectivity index is 1.73. The van der Waals surface area contributed by atoms with Crippen molar-refractivity contribution >= 4 is 22.8 Å². The molecule has 7 heteroatoms. The first kappa shape index (κ1) is 14.9. The van der Waals surface area contributed by atoms with Gasteiger partial charge in [0.25, 0.3) is 0 Å². The van der Waals surface area contributed by atoms with Crippen molar-refractivity contribution in [1.82, 2.24) is 19.5 Å². The van der Waals surface area contributed by atoms with E-state index in [-0.39, 0.29) is 12.1 Å². The summed E-state index contributed by atoms with van der Waals surface area (Å²) in [5, 5.41) is 13.2. The molecule has 0 spiro atoms. The summed E-state index contributed by atoms with van der Waals surface area (Å²) in [6.45, 7) is 0.0997. The molecule has 0 bridgehead atoms. The van der Waals surface area contributed by atoms with Crippen LogP contribution in [0.15, 0.2) is 36.7 Å². The third kappa shape index (κ3) is 2.46. The van der Waals surface area contributed by atoms with Crippen molar-refractivity contribution in [3.8, 4) is 5.82 Å². The molecule has 1 aromatic carbocycles. The molecule has 1 fully saturated rings. The van der Waals surface area contributed by atoms with Gasteiger partial charge in [0.1, 0.15) is 18.0 Å². The molecule has 2 heterocycles. The smallest absolute Gasteiger partial charge is 0.207 e. The first-order valence-electron chi connectivity index (χ1n) is 8.15. The highest BCUT2D eigenvalue weighted by molar-refractivity contribution is 5.80. The molecule has 124 valence electrons. The van der Waals surface area contributed by atoms with E-state index in [2.05, 4.69) is 20.3 Å². The fourth-order valence-corrected chi connectivity index (χ4v) is 3.47. The Kier molecular flexibility index (Phi) is 3.57. The summed E-state index contributed by atoms with van der Waals surface area (Å²) in [6, 6.07) is 9.60. The highest BCUT2D eigenvalue weighted by atomic mass is 16.3. The molecular weight excluding hydrogens is 304 g/mol. The lowest BCUT2D eigenvalue weighted by Gasteiger charge is -2.28. The maximum atomic E-state index is 9.78. The van der Waals surface area contributed by atoms with Crippen LogP contribution in [-0.4, -0.2) is 36.8 Å². The number of aromatic nitrogens is 4. The number of anilines is 2. The van der Waals surface area contributed by atoms with Crippen LogP contribution in [0.25, 0.3) is 16.9 Å². The third-order valence-electron chi connectivity index (χ3n) is 4.73. The predicted molar refractivity (Wildman–Crippen MR) is 93.0 cm³/mol. The third-order valence-corrected chi connectivity index (χ3v) is 4.73. The van der Waals surface area contributed by atoms with E-state index in [4.69, 9.17) is 5.73 Å². The first-order valence-corrected chi connectivity index (χ1v) is 8.15. The Morgan fingerprint density at radius 2 is 2.00 bits per heavy atom. The van der Waals surface area contributed by atoms with E-state index < -0.39 is 0 Å². The molecule has 0 saturated heterocycles. The average Bonchev–Trinajstić information content (AvgIpc) is 3.19. The number of hydrogen-bond acceptors (Lipinski definition) is 6. The number of para-hydroxylation sites is 2. The molecule has 0 aliphatic heterocycles. The largest absolute Gasteiger partial charge is 0.394 e. The molecule has 0 radical (unpaired) electrons. The SMILES string of the molecule is Nc1nc2ccccc2n1-c1cc(NC2(CO)CCCC2)ncn1. The van der Waals surface area contributed by atoms with Gasteiger partial charge in [-0.3, -0.25) is 4.57 Å². The molecular formula is C17H20N6O. The highest BCUT2D eigenvalue weighted by Gasteiger charge is 2.33. The summed E-state index contributed by atoms with van der Waals surface area (Å²) in [7, 11) is 0. The Morgan fingerprint density at radius 3 is 2.79 bits per heavy atom. The number of aliphatic hydroxyl groups is 1. The lowest BCUT2D eigenvalue weighted by atomic mass is 9.99. The van der Waals surface area contributed by atoms with Gasteiger partial charge in [0, 0.05) is 6.07 Å². The standard InChI is InChI=1S/C17H20N6O/c18-16-21-12-5-1-2-6-13(12)23(16)15-9-14(19-11-20-15)22-17(10-24)7-3-4-8-17/h1-2,5-6,9,11,24H,3-4,7-8,10H2,(H2,18,21)(H,19,20,22). The molecule has 4 N–H and O–H groups in total. The number of rotatable bonds is 4. The summed E-state index contributed by atoms with van der Waals surface area (Å²) >= 11 is 0. The van der Waals surface area contributed by atoms with Crippen molar-refractivity contribution in [2.24, 2.45) is 0 Å². The lowest BCUT2D eigenvalue weighted by Crippen LogP contribution is -2.39. The molecule has 7 nitrogen and oxygen atoms in total. The van der Waals surface area contributed by atoms with Crippen LogP contribution in [0.4, 0.5) is 11.8 Å². The number of hydrogen-bond donors (Lipinski definition) is 3. The predicted octanol–water partition coefficient (Wildman–Crippen LogP) is 2.11. The van der Waals surface area contributed by atoms with E-state index in [0.717, 1.165) is 36.7 Å². The van der Waals surface area contributed by atoms with Gasteiger partial charge in [-0.15, -0.1) is 0 Å². The number of nitrogens with two attached hydrogens (primary N) is 1. The van der Waals surface area contributed by atoms with Crippen molar-refractivity contribution in [3.05, 3.63) is 36.7 Å². The normalized spacial score (nSPS) is 16.5. The van der Waals surface area contributed by atoms with Crippen molar-refractivity contribution in [2.45, 2.75) is 31.2 Å². The maximum absolute atomic E-state index is 9.78. The Labute approximate surface area is 139 Å². The van der Waals surface area contributed by atoms with E-state index >= 15 is 0 Å². The number of aliphatic hydroxyl groups excluding tert-OH is 1. The minimum absolute atomic E-state index is 0.0997. The molecule has 0 amide bonds. The summed E-state index contributed by atoms with van der Waals surface area (Å²) in [4.78, 5) is 13.0. The van der Waals surface area contributed by atoms with Gasteiger partial charge in [-0.25, -0.2) is 15.0 Å². The monoisotopic (exact) mass is 324 g/mol. The number of nitrogen functional groups attached to an aromatic ring is 1. The minimum Gasteiger partial charge on any atom is -0.394 e. The second-order valence-corrected chi connectivity index (χ2v) is 6.33. The van der Waals surface area contributed by atoms with Gasteiger partial charge in [-0.2, -0.15) is 0 Å². The van der Waals surface area contributed by atoms with E-state index in [1.165, 1.54) is 6.33 Å². The second kappa shape index (κ2) is 5.76. The zero-order valence-electron chi connectivity index (χ0n) is 13.3. The second-order valence-electron chi connectivity index (χ2n) is 6.33.